The first kappa shape index (κ1) is 15.8. The molecule has 0 radical (unpaired) electrons. The minimum Gasteiger partial charge on any atom is -0.504 e. The van der Waals surface area contributed by atoms with Gasteiger partial charge in [0, 0.05) is 10.1 Å². The molecule has 0 spiro atoms. The molecular formula is C15H8ClF3N2OS. The van der Waals surface area contributed by atoms with Gasteiger partial charge in [0.1, 0.15) is 5.69 Å². The van der Waals surface area contributed by atoms with Crippen LogP contribution >= 0.6 is 22.9 Å². The molecular weight excluding hydrogens is 349 g/mol. The van der Waals surface area contributed by atoms with E-state index in [2.05, 4.69) is 10.2 Å². The van der Waals surface area contributed by atoms with Crippen molar-refractivity contribution in [2.75, 3.05) is 0 Å². The van der Waals surface area contributed by atoms with E-state index in [1.165, 1.54) is 11.3 Å². The minimum atomic E-state index is -4.49. The van der Waals surface area contributed by atoms with Gasteiger partial charge in [0.15, 0.2) is 10.8 Å². The quantitative estimate of drug-likeness (QED) is 0.510. The van der Waals surface area contributed by atoms with Crippen molar-refractivity contribution in [3.63, 3.8) is 0 Å². The molecule has 23 heavy (non-hydrogen) atoms. The van der Waals surface area contributed by atoms with E-state index >= 15 is 0 Å². The Bertz CT molecular complexity index is 905. The van der Waals surface area contributed by atoms with Gasteiger partial charge in [-0.3, -0.25) is 0 Å². The molecule has 3 aromatic rings. The van der Waals surface area contributed by atoms with Crippen molar-refractivity contribution in [2.45, 2.75) is 6.18 Å². The molecule has 0 saturated carbocycles. The fourth-order valence-corrected chi connectivity index (χ4v) is 3.02. The zero-order valence-corrected chi connectivity index (χ0v) is 12.9. The molecule has 2 aromatic carbocycles. The van der Waals surface area contributed by atoms with Gasteiger partial charge in [0.25, 0.3) is 0 Å². The van der Waals surface area contributed by atoms with Gasteiger partial charge >= 0.3 is 6.18 Å². The first-order chi connectivity index (χ1) is 10.9. The van der Waals surface area contributed by atoms with Gasteiger partial charge in [-0.15, -0.1) is 21.6 Å². The van der Waals surface area contributed by atoms with Gasteiger partial charge in [0.2, 0.25) is 0 Å². The van der Waals surface area contributed by atoms with Crippen molar-refractivity contribution in [1.82, 2.24) is 0 Å². The number of benzene rings is 2. The summed E-state index contributed by atoms with van der Waals surface area (Å²) in [7, 11) is 0. The Morgan fingerprint density at radius 3 is 2.48 bits per heavy atom. The fraction of sp³-hybridized carbons (Fsp3) is 0.0667. The zero-order chi connectivity index (χ0) is 16.6. The summed E-state index contributed by atoms with van der Waals surface area (Å²) in [6.45, 7) is 0. The number of nitrogens with zero attached hydrogens (tertiary/aromatic N) is 2. The van der Waals surface area contributed by atoms with Crippen molar-refractivity contribution < 1.29 is 18.3 Å². The number of hydrogen-bond donors (Lipinski definition) is 1. The molecule has 8 heteroatoms. The van der Waals surface area contributed by atoms with E-state index in [9.17, 15) is 18.3 Å². The number of alkyl halides is 3. The number of fused-ring (bicyclic) bond motifs is 1. The van der Waals surface area contributed by atoms with E-state index < -0.39 is 11.7 Å². The molecule has 0 aliphatic rings. The lowest BCUT2D eigenvalue weighted by Crippen LogP contribution is -2.03. The number of aromatic hydroxyl groups is 1. The minimum absolute atomic E-state index is 0.0438. The first-order valence-corrected chi connectivity index (χ1v) is 7.54. The average molecular weight is 357 g/mol. The number of azo groups is 1. The standard InChI is InChI=1S/C15H8ClF3N2OS/c16-10-6-5-8(15(17,18)19)7-11(10)20-21-14-13(22)9-3-1-2-4-12(9)23-14/h1-7,22H. The van der Waals surface area contributed by atoms with Crippen LogP contribution < -0.4 is 0 Å². The van der Waals surface area contributed by atoms with E-state index in [0.717, 1.165) is 22.9 Å². The molecule has 0 bridgehead atoms. The van der Waals surface area contributed by atoms with E-state index in [0.29, 0.717) is 5.39 Å². The smallest absolute Gasteiger partial charge is 0.416 e. The van der Waals surface area contributed by atoms with Crippen LogP contribution in [0.25, 0.3) is 10.1 Å². The zero-order valence-electron chi connectivity index (χ0n) is 11.3. The lowest BCUT2D eigenvalue weighted by molar-refractivity contribution is -0.137. The van der Waals surface area contributed by atoms with E-state index in [1.54, 1.807) is 18.2 Å². The third kappa shape index (κ3) is 3.16. The summed E-state index contributed by atoms with van der Waals surface area (Å²) in [6.07, 6.45) is -4.49. The van der Waals surface area contributed by atoms with Gasteiger partial charge in [0.05, 0.1) is 10.6 Å². The van der Waals surface area contributed by atoms with Crippen LogP contribution in [0.2, 0.25) is 5.02 Å². The van der Waals surface area contributed by atoms with Crippen LogP contribution in [0.5, 0.6) is 5.75 Å². The van der Waals surface area contributed by atoms with E-state index in [1.807, 2.05) is 6.07 Å². The SMILES string of the molecule is Oc1c(N=Nc2cc(C(F)(F)F)ccc2Cl)sc2ccccc12. The van der Waals surface area contributed by atoms with Crippen molar-refractivity contribution >= 4 is 43.7 Å². The summed E-state index contributed by atoms with van der Waals surface area (Å²) in [5.41, 5.74) is -0.977. The van der Waals surface area contributed by atoms with Crippen LogP contribution in [-0.4, -0.2) is 5.11 Å². The first-order valence-electron chi connectivity index (χ1n) is 6.35. The second kappa shape index (κ2) is 5.82. The maximum absolute atomic E-state index is 12.7. The molecule has 1 aromatic heterocycles. The summed E-state index contributed by atoms with van der Waals surface area (Å²) in [5.74, 6) is -0.0579. The van der Waals surface area contributed by atoms with Crippen LogP contribution in [0, 0.1) is 0 Å². The predicted molar refractivity (Wildman–Crippen MR) is 84.1 cm³/mol. The van der Waals surface area contributed by atoms with Crippen molar-refractivity contribution in [3.05, 3.63) is 53.1 Å². The summed E-state index contributed by atoms with van der Waals surface area (Å²) in [6, 6.07) is 9.90. The Morgan fingerprint density at radius 2 is 1.78 bits per heavy atom. The van der Waals surface area contributed by atoms with Gasteiger partial charge < -0.3 is 5.11 Å². The van der Waals surface area contributed by atoms with Crippen molar-refractivity contribution in [3.8, 4) is 5.75 Å². The molecule has 0 fully saturated rings. The average Bonchev–Trinajstić information content (AvgIpc) is 2.82. The highest BCUT2D eigenvalue weighted by Gasteiger charge is 2.31. The summed E-state index contributed by atoms with van der Waals surface area (Å²) >= 11 is 7.03. The topological polar surface area (TPSA) is 45.0 Å². The lowest BCUT2D eigenvalue weighted by Gasteiger charge is -2.07. The van der Waals surface area contributed by atoms with Crippen molar-refractivity contribution in [1.29, 1.82) is 0 Å². The highest BCUT2D eigenvalue weighted by Crippen LogP contribution is 2.44. The van der Waals surface area contributed by atoms with Crippen LogP contribution in [0.15, 0.2) is 52.7 Å². The largest absolute Gasteiger partial charge is 0.504 e. The molecule has 1 N–H and O–H groups in total. The molecule has 0 amide bonds. The van der Waals surface area contributed by atoms with Crippen LogP contribution in [0.3, 0.4) is 0 Å². The van der Waals surface area contributed by atoms with Gasteiger partial charge in [-0.2, -0.15) is 13.2 Å². The Morgan fingerprint density at radius 1 is 1.04 bits per heavy atom. The number of rotatable bonds is 2. The molecule has 0 aliphatic heterocycles. The molecule has 118 valence electrons. The summed E-state index contributed by atoms with van der Waals surface area (Å²) < 4.78 is 38.9. The normalized spacial score (nSPS) is 12.3. The van der Waals surface area contributed by atoms with Crippen molar-refractivity contribution in [2.24, 2.45) is 10.2 Å². The summed E-state index contributed by atoms with van der Waals surface area (Å²) in [4.78, 5) is 0. The monoisotopic (exact) mass is 356 g/mol. The van der Waals surface area contributed by atoms with E-state index in [4.69, 9.17) is 11.6 Å². The van der Waals surface area contributed by atoms with Crippen LogP contribution in [-0.2, 0) is 6.18 Å². The van der Waals surface area contributed by atoms with Gasteiger partial charge in [-0.25, -0.2) is 0 Å². The molecule has 3 nitrogen and oxygen atoms in total. The molecule has 0 unspecified atom stereocenters. The highest BCUT2D eigenvalue weighted by atomic mass is 35.5. The van der Waals surface area contributed by atoms with Gasteiger partial charge in [-0.1, -0.05) is 23.7 Å². The van der Waals surface area contributed by atoms with E-state index in [-0.39, 0.29) is 21.5 Å². The Kier molecular flexibility index (Phi) is 3.99. The highest BCUT2D eigenvalue weighted by molar-refractivity contribution is 7.23. The Hall–Kier alpha value is -2.12. The second-order valence-electron chi connectivity index (χ2n) is 4.62. The molecule has 3 rings (SSSR count). The lowest BCUT2D eigenvalue weighted by atomic mass is 10.2. The second-order valence-corrected chi connectivity index (χ2v) is 6.05. The molecule has 1 heterocycles. The fourth-order valence-electron chi connectivity index (χ4n) is 1.95. The van der Waals surface area contributed by atoms with Crippen LogP contribution in [0.1, 0.15) is 5.56 Å². The Labute approximate surface area is 137 Å². The third-order valence-corrected chi connectivity index (χ3v) is 4.44. The third-order valence-electron chi connectivity index (χ3n) is 3.07. The molecule has 0 aliphatic carbocycles. The van der Waals surface area contributed by atoms with Crippen LogP contribution in [0.4, 0.5) is 23.9 Å². The Balaban J connectivity index is 2.00. The maximum atomic E-state index is 12.7. The maximum Gasteiger partial charge on any atom is 0.416 e. The molecule has 0 saturated heterocycles. The predicted octanol–water partition coefficient (Wildman–Crippen LogP) is 6.69. The number of hydrogen-bond acceptors (Lipinski definition) is 4. The summed E-state index contributed by atoms with van der Waals surface area (Å²) in [5, 5.41) is 18.5. The molecule has 0 atom stereocenters. The number of thiophene rings is 1. The van der Waals surface area contributed by atoms with Gasteiger partial charge in [-0.05, 0) is 30.3 Å². The number of halogens is 4.